The van der Waals surface area contributed by atoms with Crippen LogP contribution in [0.4, 0.5) is 5.69 Å². The van der Waals surface area contributed by atoms with Crippen LogP contribution >= 0.6 is 46.6 Å². The van der Waals surface area contributed by atoms with E-state index in [4.69, 9.17) is 34.8 Å². The number of benzene rings is 3. The Labute approximate surface area is 202 Å². The van der Waals surface area contributed by atoms with E-state index in [1.54, 1.807) is 24.3 Å². The van der Waals surface area contributed by atoms with Crippen molar-refractivity contribution in [1.29, 1.82) is 0 Å². The second-order valence-corrected chi connectivity index (χ2v) is 10.7. The first-order chi connectivity index (χ1) is 15.1. The average Bonchev–Trinajstić information content (AvgIpc) is 2.71. The highest BCUT2D eigenvalue weighted by molar-refractivity contribution is 7.99. The number of aromatic amines is 1. The molecule has 11 heteroatoms. The molecule has 0 spiro atoms. The molecule has 0 aliphatic heterocycles. The molecule has 0 radical (unpaired) electrons. The molecule has 0 bridgehead atoms. The van der Waals surface area contributed by atoms with Crippen LogP contribution in [0.25, 0.3) is 10.9 Å². The van der Waals surface area contributed by atoms with E-state index in [2.05, 4.69) is 9.71 Å². The molecule has 0 amide bonds. The number of anilines is 1. The fourth-order valence-corrected chi connectivity index (χ4v) is 5.56. The van der Waals surface area contributed by atoms with E-state index in [-0.39, 0.29) is 25.9 Å². The monoisotopic (exact) mass is 526 g/mol. The van der Waals surface area contributed by atoms with Gasteiger partial charge in [-0.05, 0) is 60.7 Å². The Bertz CT molecular complexity index is 1490. The fourth-order valence-electron chi connectivity index (χ4n) is 2.94. The van der Waals surface area contributed by atoms with Crippen LogP contribution in [0.1, 0.15) is 0 Å². The van der Waals surface area contributed by atoms with Crippen LogP contribution < -0.4 is 10.3 Å². The van der Waals surface area contributed by atoms with Crippen molar-refractivity contribution in [2.75, 3.05) is 4.72 Å². The molecule has 0 saturated carbocycles. The van der Waals surface area contributed by atoms with Crippen molar-refractivity contribution in [1.82, 2.24) is 4.98 Å². The lowest BCUT2D eigenvalue weighted by Crippen LogP contribution is -2.12. The largest absolute Gasteiger partial charge is 0.506 e. The van der Waals surface area contributed by atoms with Gasteiger partial charge in [-0.25, -0.2) is 8.42 Å². The van der Waals surface area contributed by atoms with Gasteiger partial charge in [-0.3, -0.25) is 9.52 Å². The van der Waals surface area contributed by atoms with Crippen LogP contribution in [0.2, 0.25) is 15.1 Å². The van der Waals surface area contributed by atoms with Crippen molar-refractivity contribution in [2.24, 2.45) is 0 Å². The molecule has 1 heterocycles. The second kappa shape index (κ2) is 8.88. The van der Waals surface area contributed by atoms with E-state index in [0.717, 1.165) is 11.8 Å². The Morgan fingerprint density at radius 3 is 2.22 bits per heavy atom. The van der Waals surface area contributed by atoms with Crippen LogP contribution in [-0.4, -0.2) is 18.5 Å². The van der Waals surface area contributed by atoms with Crippen molar-refractivity contribution >= 4 is 73.2 Å². The first kappa shape index (κ1) is 22.8. The predicted octanol–water partition coefficient (Wildman–Crippen LogP) is 6.15. The van der Waals surface area contributed by atoms with E-state index >= 15 is 0 Å². The van der Waals surface area contributed by atoms with Gasteiger partial charge in [-0.2, -0.15) is 0 Å². The minimum Gasteiger partial charge on any atom is -0.506 e. The Morgan fingerprint density at radius 2 is 1.56 bits per heavy atom. The molecule has 0 atom stereocenters. The number of sulfonamides is 1. The minimum absolute atomic E-state index is 0.0521. The molecule has 164 valence electrons. The summed E-state index contributed by atoms with van der Waals surface area (Å²) < 4.78 is 27.5. The molecular weight excluding hydrogens is 515 g/mol. The summed E-state index contributed by atoms with van der Waals surface area (Å²) in [6.07, 6.45) is 0. The summed E-state index contributed by atoms with van der Waals surface area (Å²) in [6, 6.07) is 15.1. The lowest BCUT2D eigenvalue weighted by Gasteiger charge is -2.10. The smallest absolute Gasteiger partial charge is 0.266 e. The number of H-pyrrole nitrogens is 1. The van der Waals surface area contributed by atoms with E-state index in [1.165, 1.54) is 36.4 Å². The molecule has 1 aromatic heterocycles. The zero-order valence-electron chi connectivity index (χ0n) is 15.9. The molecule has 3 N–H and O–H groups in total. The lowest BCUT2D eigenvalue weighted by molar-refractivity contribution is 0.467. The Balaban J connectivity index is 1.60. The molecule has 4 rings (SSSR count). The number of fused-ring (bicyclic) bond motifs is 1. The fraction of sp³-hybridized carbons (Fsp3) is 0. The van der Waals surface area contributed by atoms with Gasteiger partial charge in [-0.1, -0.05) is 46.6 Å². The third kappa shape index (κ3) is 4.69. The second-order valence-electron chi connectivity index (χ2n) is 6.63. The van der Waals surface area contributed by atoms with Gasteiger partial charge < -0.3 is 10.1 Å². The first-order valence-corrected chi connectivity index (χ1v) is 12.4. The minimum atomic E-state index is -3.78. The number of hydrogen-bond acceptors (Lipinski definition) is 5. The van der Waals surface area contributed by atoms with Crippen molar-refractivity contribution < 1.29 is 13.5 Å². The number of pyridine rings is 1. The summed E-state index contributed by atoms with van der Waals surface area (Å²) >= 11 is 19.0. The highest BCUT2D eigenvalue weighted by atomic mass is 35.5. The Hall–Kier alpha value is -2.36. The number of hydrogen-bond donors (Lipinski definition) is 3. The standard InChI is InChI=1S/C21H13Cl3N2O4S2/c22-11-1-7-15(8-2-11)32(29,30)26-13-3-5-14(6-4-13)31-20-19(27)18-16(24)9-12(23)10-17(18)25-21(20)28/h1-10,26H,(H2,25,27,28). The van der Waals surface area contributed by atoms with Gasteiger partial charge in [-0.15, -0.1) is 0 Å². The Kier molecular flexibility index (Phi) is 6.33. The molecule has 4 aromatic rings. The van der Waals surface area contributed by atoms with Crippen molar-refractivity contribution in [3.05, 3.63) is 86.1 Å². The van der Waals surface area contributed by atoms with E-state index in [9.17, 15) is 18.3 Å². The van der Waals surface area contributed by atoms with Crippen LogP contribution in [0, 0.1) is 0 Å². The zero-order chi connectivity index (χ0) is 23.0. The van der Waals surface area contributed by atoms with Crippen molar-refractivity contribution in [3.63, 3.8) is 0 Å². The highest BCUT2D eigenvalue weighted by Crippen LogP contribution is 2.39. The molecule has 0 saturated heterocycles. The molecule has 3 aromatic carbocycles. The third-order valence-corrected chi connectivity index (χ3v) is 7.67. The third-order valence-electron chi connectivity index (χ3n) is 4.41. The molecule has 0 aliphatic carbocycles. The summed E-state index contributed by atoms with van der Waals surface area (Å²) in [5, 5.41) is 11.9. The zero-order valence-corrected chi connectivity index (χ0v) is 19.8. The SMILES string of the molecule is O=c1[nH]c2cc(Cl)cc(Cl)c2c(O)c1Sc1ccc(NS(=O)(=O)c2ccc(Cl)cc2)cc1. The summed E-state index contributed by atoms with van der Waals surface area (Å²) in [4.78, 5) is 15.9. The van der Waals surface area contributed by atoms with Gasteiger partial charge in [0.05, 0.1) is 20.8 Å². The maximum absolute atomic E-state index is 12.5. The van der Waals surface area contributed by atoms with Gasteiger partial charge >= 0.3 is 0 Å². The number of rotatable bonds is 5. The van der Waals surface area contributed by atoms with Crippen LogP contribution in [-0.2, 0) is 10.0 Å². The van der Waals surface area contributed by atoms with Crippen LogP contribution in [0.5, 0.6) is 5.75 Å². The van der Waals surface area contributed by atoms with Crippen molar-refractivity contribution in [2.45, 2.75) is 14.7 Å². The Morgan fingerprint density at radius 1 is 0.906 bits per heavy atom. The molecule has 0 unspecified atom stereocenters. The predicted molar refractivity (Wildman–Crippen MR) is 129 cm³/mol. The van der Waals surface area contributed by atoms with Gasteiger partial charge in [0.25, 0.3) is 15.6 Å². The summed E-state index contributed by atoms with van der Waals surface area (Å²) in [7, 11) is -3.78. The van der Waals surface area contributed by atoms with Gasteiger partial charge in [0.1, 0.15) is 10.6 Å². The van der Waals surface area contributed by atoms with E-state index in [0.29, 0.717) is 26.1 Å². The number of halogens is 3. The van der Waals surface area contributed by atoms with Crippen molar-refractivity contribution in [3.8, 4) is 5.75 Å². The summed E-state index contributed by atoms with van der Waals surface area (Å²) in [5.41, 5.74) is 0.144. The maximum atomic E-state index is 12.5. The van der Waals surface area contributed by atoms with Gasteiger partial charge in [0.15, 0.2) is 0 Å². The number of aromatic nitrogens is 1. The maximum Gasteiger partial charge on any atom is 0.266 e. The van der Waals surface area contributed by atoms with Gasteiger partial charge in [0, 0.05) is 20.6 Å². The van der Waals surface area contributed by atoms with E-state index < -0.39 is 15.6 Å². The van der Waals surface area contributed by atoms with Crippen LogP contribution in [0.3, 0.4) is 0 Å². The number of aromatic hydroxyl groups is 1. The molecule has 6 nitrogen and oxygen atoms in total. The number of nitrogens with one attached hydrogen (secondary N) is 2. The van der Waals surface area contributed by atoms with Gasteiger partial charge in [0.2, 0.25) is 0 Å². The molecular formula is C21H13Cl3N2O4S2. The lowest BCUT2D eigenvalue weighted by atomic mass is 10.2. The first-order valence-electron chi connectivity index (χ1n) is 8.94. The topological polar surface area (TPSA) is 99.3 Å². The normalized spacial score (nSPS) is 11.6. The molecule has 32 heavy (non-hydrogen) atoms. The van der Waals surface area contributed by atoms with E-state index in [1.807, 2.05) is 0 Å². The summed E-state index contributed by atoms with van der Waals surface area (Å²) in [6.45, 7) is 0. The molecule has 0 aliphatic rings. The quantitative estimate of drug-likeness (QED) is 0.289. The summed E-state index contributed by atoms with van der Waals surface area (Å²) in [5.74, 6) is -0.261. The molecule has 0 fully saturated rings. The highest BCUT2D eigenvalue weighted by Gasteiger charge is 2.17. The average molecular weight is 528 g/mol. The van der Waals surface area contributed by atoms with Crippen LogP contribution in [0.15, 0.2) is 80.1 Å².